The van der Waals surface area contributed by atoms with Crippen LogP contribution in [0.15, 0.2) is 30.5 Å². The summed E-state index contributed by atoms with van der Waals surface area (Å²) in [6.07, 6.45) is 5.21. The maximum absolute atomic E-state index is 9.14. The molecule has 3 fully saturated rings. The number of nitrogens with one attached hydrogen (secondary N) is 1. The molecular weight excluding hydrogens is 364 g/mol. The van der Waals surface area contributed by atoms with Gasteiger partial charge in [-0.3, -0.25) is 4.90 Å². The van der Waals surface area contributed by atoms with Crippen LogP contribution >= 0.6 is 0 Å². The predicted molar refractivity (Wildman–Crippen MR) is 111 cm³/mol. The molecule has 0 aromatic carbocycles. The van der Waals surface area contributed by atoms with E-state index in [9.17, 15) is 0 Å². The zero-order valence-electron chi connectivity index (χ0n) is 16.5. The number of nitrogens with zero attached hydrogens (tertiary/aromatic N) is 5. The van der Waals surface area contributed by atoms with E-state index in [2.05, 4.69) is 38.3 Å². The molecule has 0 bridgehead atoms. The fourth-order valence-corrected chi connectivity index (χ4v) is 4.28. The van der Waals surface area contributed by atoms with Gasteiger partial charge in [0, 0.05) is 19.3 Å². The number of pyridine rings is 2. The van der Waals surface area contributed by atoms with Crippen LogP contribution in [0, 0.1) is 11.3 Å². The van der Waals surface area contributed by atoms with Gasteiger partial charge >= 0.3 is 0 Å². The van der Waals surface area contributed by atoms with Gasteiger partial charge in [0.05, 0.1) is 30.9 Å². The van der Waals surface area contributed by atoms with Crippen LogP contribution < -0.4 is 10.2 Å². The number of piperidine rings is 1. The lowest BCUT2D eigenvalue weighted by molar-refractivity contribution is -0.0712. The Kier molecular flexibility index (Phi) is 5.04. The van der Waals surface area contributed by atoms with Crippen LogP contribution in [-0.2, 0) is 4.74 Å². The van der Waals surface area contributed by atoms with Crippen molar-refractivity contribution in [2.75, 3.05) is 49.6 Å². The van der Waals surface area contributed by atoms with Crippen molar-refractivity contribution < 1.29 is 4.74 Å². The second kappa shape index (κ2) is 7.97. The highest BCUT2D eigenvalue weighted by atomic mass is 16.5. The third-order valence-corrected chi connectivity index (χ3v) is 6.30. The van der Waals surface area contributed by atoms with Crippen molar-refractivity contribution in [3.63, 3.8) is 0 Å². The topological polar surface area (TPSA) is 77.3 Å². The van der Waals surface area contributed by atoms with Crippen LogP contribution in [0.1, 0.15) is 36.3 Å². The molecule has 0 saturated carbocycles. The maximum atomic E-state index is 9.14. The van der Waals surface area contributed by atoms with E-state index >= 15 is 0 Å². The van der Waals surface area contributed by atoms with E-state index in [0.29, 0.717) is 23.3 Å². The summed E-state index contributed by atoms with van der Waals surface area (Å²) in [7, 11) is 0. The maximum Gasteiger partial charge on any atom is 0.134 e. The first-order valence-electron chi connectivity index (χ1n) is 10.5. The van der Waals surface area contributed by atoms with Crippen LogP contribution in [0.5, 0.6) is 0 Å². The number of aromatic nitrogens is 2. The van der Waals surface area contributed by atoms with E-state index in [0.717, 1.165) is 51.0 Å². The second-order valence-corrected chi connectivity index (χ2v) is 8.15. The Morgan fingerprint density at radius 3 is 2.55 bits per heavy atom. The summed E-state index contributed by atoms with van der Waals surface area (Å²) in [4.78, 5) is 14.1. The molecule has 0 atom stereocenters. The van der Waals surface area contributed by atoms with Gasteiger partial charge < -0.3 is 15.0 Å². The first kappa shape index (κ1) is 18.3. The van der Waals surface area contributed by atoms with Crippen LogP contribution in [0.4, 0.5) is 17.5 Å². The molecule has 0 aliphatic carbocycles. The van der Waals surface area contributed by atoms with Crippen molar-refractivity contribution in [3.8, 4) is 6.07 Å². The minimum atomic E-state index is 0.550. The Labute approximate surface area is 171 Å². The van der Waals surface area contributed by atoms with Gasteiger partial charge in [-0.25, -0.2) is 9.97 Å². The monoisotopic (exact) mass is 390 g/mol. The van der Waals surface area contributed by atoms with Gasteiger partial charge in [-0.05, 0) is 68.1 Å². The summed E-state index contributed by atoms with van der Waals surface area (Å²) in [5.74, 6) is 3.06. The molecule has 150 valence electrons. The standard InChI is InChI=1S/C22H26N6O/c23-13-16-2-5-24-20(10-16)25-21-11-18(12-22(26-21)28-6-1-7-28)17-3-8-27(9-4-17)19-14-29-15-19/h2,5,10-12,17,19H,1,3-4,6-9,14-15H2,(H,24,25,26). The van der Waals surface area contributed by atoms with Crippen molar-refractivity contribution in [3.05, 3.63) is 41.6 Å². The zero-order valence-corrected chi connectivity index (χ0v) is 16.5. The van der Waals surface area contributed by atoms with E-state index in [1.165, 1.54) is 24.8 Å². The van der Waals surface area contributed by atoms with E-state index in [4.69, 9.17) is 15.0 Å². The highest BCUT2D eigenvalue weighted by molar-refractivity contribution is 5.59. The number of nitriles is 1. The quantitative estimate of drug-likeness (QED) is 0.841. The summed E-state index contributed by atoms with van der Waals surface area (Å²) >= 11 is 0. The molecule has 1 N–H and O–H groups in total. The Balaban J connectivity index is 1.36. The van der Waals surface area contributed by atoms with Crippen molar-refractivity contribution >= 4 is 17.5 Å². The first-order chi connectivity index (χ1) is 14.3. The molecule has 3 aliphatic rings. The highest BCUT2D eigenvalue weighted by Gasteiger charge is 2.30. The smallest absolute Gasteiger partial charge is 0.134 e. The molecule has 5 heterocycles. The normalized spacial score (nSPS) is 20.6. The molecule has 0 unspecified atom stereocenters. The lowest BCUT2D eigenvalue weighted by Gasteiger charge is -2.41. The summed E-state index contributed by atoms with van der Waals surface area (Å²) in [6.45, 7) is 6.18. The van der Waals surface area contributed by atoms with Crippen molar-refractivity contribution in [2.24, 2.45) is 0 Å². The lowest BCUT2D eigenvalue weighted by Crippen LogP contribution is -2.51. The number of hydrogen-bond acceptors (Lipinski definition) is 7. The zero-order chi connectivity index (χ0) is 19.6. The summed E-state index contributed by atoms with van der Waals surface area (Å²) in [5, 5.41) is 12.5. The Morgan fingerprint density at radius 1 is 1.07 bits per heavy atom. The van der Waals surface area contributed by atoms with E-state index < -0.39 is 0 Å². The number of ether oxygens (including phenoxy) is 1. The number of likely N-dealkylation sites (tertiary alicyclic amines) is 1. The number of rotatable bonds is 5. The fraction of sp³-hybridized carbons (Fsp3) is 0.500. The minimum absolute atomic E-state index is 0.550. The van der Waals surface area contributed by atoms with Crippen molar-refractivity contribution in [2.45, 2.75) is 31.2 Å². The van der Waals surface area contributed by atoms with Gasteiger partial charge in [0.1, 0.15) is 17.5 Å². The minimum Gasteiger partial charge on any atom is -0.378 e. The van der Waals surface area contributed by atoms with Gasteiger partial charge in [-0.2, -0.15) is 5.26 Å². The Morgan fingerprint density at radius 2 is 1.90 bits per heavy atom. The van der Waals surface area contributed by atoms with E-state index in [-0.39, 0.29) is 0 Å². The van der Waals surface area contributed by atoms with Gasteiger partial charge in [0.2, 0.25) is 0 Å². The second-order valence-electron chi connectivity index (χ2n) is 8.15. The Hall–Kier alpha value is -2.69. The van der Waals surface area contributed by atoms with Crippen molar-refractivity contribution in [1.82, 2.24) is 14.9 Å². The molecule has 0 spiro atoms. The molecule has 7 nitrogen and oxygen atoms in total. The summed E-state index contributed by atoms with van der Waals surface area (Å²) < 4.78 is 5.36. The molecule has 3 aliphatic heterocycles. The van der Waals surface area contributed by atoms with Gasteiger partial charge in [0.25, 0.3) is 0 Å². The average Bonchev–Trinajstić information content (AvgIpc) is 2.66. The van der Waals surface area contributed by atoms with Gasteiger partial charge in [-0.15, -0.1) is 0 Å². The molecule has 7 heteroatoms. The molecule has 0 amide bonds. The SMILES string of the molecule is N#Cc1ccnc(Nc2cc(C3CCN(C4COC4)CC3)cc(N3CCC3)n2)c1. The Bertz CT molecular complexity index is 910. The number of hydrogen-bond donors (Lipinski definition) is 1. The fourth-order valence-electron chi connectivity index (χ4n) is 4.28. The van der Waals surface area contributed by atoms with Crippen LogP contribution in [0.3, 0.4) is 0 Å². The third-order valence-electron chi connectivity index (χ3n) is 6.30. The summed E-state index contributed by atoms with van der Waals surface area (Å²) in [6, 6.07) is 10.7. The molecule has 3 saturated heterocycles. The summed E-state index contributed by atoms with van der Waals surface area (Å²) in [5.41, 5.74) is 1.94. The van der Waals surface area contributed by atoms with E-state index in [1.807, 2.05) is 0 Å². The highest BCUT2D eigenvalue weighted by Crippen LogP contribution is 2.34. The van der Waals surface area contributed by atoms with Crippen LogP contribution in [0.25, 0.3) is 0 Å². The largest absolute Gasteiger partial charge is 0.378 e. The molecular formula is C22H26N6O. The van der Waals surface area contributed by atoms with Crippen LogP contribution in [0.2, 0.25) is 0 Å². The van der Waals surface area contributed by atoms with Gasteiger partial charge in [0.15, 0.2) is 0 Å². The third kappa shape index (κ3) is 3.91. The number of anilines is 3. The average molecular weight is 390 g/mol. The predicted octanol–water partition coefficient (Wildman–Crippen LogP) is 2.88. The molecule has 2 aromatic heterocycles. The lowest BCUT2D eigenvalue weighted by atomic mass is 9.89. The molecule has 0 radical (unpaired) electrons. The van der Waals surface area contributed by atoms with E-state index in [1.54, 1.807) is 18.3 Å². The first-order valence-corrected chi connectivity index (χ1v) is 10.5. The molecule has 29 heavy (non-hydrogen) atoms. The van der Waals surface area contributed by atoms with Crippen molar-refractivity contribution in [1.29, 1.82) is 5.26 Å². The molecule has 5 rings (SSSR count). The van der Waals surface area contributed by atoms with Gasteiger partial charge in [-0.1, -0.05) is 0 Å². The van der Waals surface area contributed by atoms with Crippen LogP contribution in [-0.4, -0.2) is 60.3 Å². The molecule has 2 aromatic rings.